The van der Waals surface area contributed by atoms with E-state index in [-0.39, 0.29) is 18.1 Å². The Labute approximate surface area is 143 Å². The summed E-state index contributed by atoms with van der Waals surface area (Å²) in [7, 11) is 0. The first-order chi connectivity index (χ1) is 11.5. The van der Waals surface area contributed by atoms with Crippen LogP contribution in [-0.4, -0.2) is 28.4 Å². The molecule has 0 bridgehead atoms. The van der Waals surface area contributed by atoms with Gasteiger partial charge in [0.2, 0.25) is 5.91 Å². The van der Waals surface area contributed by atoms with Gasteiger partial charge in [0.1, 0.15) is 0 Å². The number of hydrogen-bond acceptors (Lipinski definition) is 3. The number of rotatable bonds is 5. The third kappa shape index (κ3) is 3.85. The quantitative estimate of drug-likeness (QED) is 0.917. The maximum atomic E-state index is 12.1. The molecular formula is C19H25N3O2. The minimum atomic E-state index is -0.0200. The summed E-state index contributed by atoms with van der Waals surface area (Å²) >= 11 is 0. The fourth-order valence-corrected chi connectivity index (χ4v) is 3.19. The number of hydrogen-bond donors (Lipinski definition) is 1. The number of amides is 1. The van der Waals surface area contributed by atoms with Crippen LogP contribution in [0.25, 0.3) is 5.69 Å². The molecule has 1 fully saturated rings. The Hall–Kier alpha value is -2.14. The zero-order valence-electron chi connectivity index (χ0n) is 14.6. The molecule has 1 amide bonds. The molecule has 1 aliphatic heterocycles. The molecule has 2 atom stereocenters. The van der Waals surface area contributed by atoms with Crippen LogP contribution >= 0.6 is 0 Å². The van der Waals surface area contributed by atoms with Crippen LogP contribution in [0.4, 0.5) is 0 Å². The van der Waals surface area contributed by atoms with Crippen molar-refractivity contribution in [3.63, 3.8) is 0 Å². The van der Waals surface area contributed by atoms with Gasteiger partial charge in [-0.25, -0.2) is 4.68 Å². The fraction of sp³-hybridized carbons (Fsp3) is 0.474. The molecule has 0 spiro atoms. The van der Waals surface area contributed by atoms with Crippen molar-refractivity contribution in [3.05, 3.63) is 47.3 Å². The minimum absolute atomic E-state index is 0.0200. The summed E-state index contributed by atoms with van der Waals surface area (Å²) in [6, 6.07) is 10.2. The molecule has 3 rings (SSSR count). The minimum Gasteiger partial charge on any atom is -0.378 e. The highest BCUT2D eigenvalue weighted by Gasteiger charge is 2.20. The lowest BCUT2D eigenvalue weighted by molar-refractivity contribution is -0.123. The molecule has 1 aromatic heterocycles. The molecular weight excluding hydrogens is 302 g/mol. The van der Waals surface area contributed by atoms with Crippen molar-refractivity contribution in [2.24, 2.45) is 0 Å². The van der Waals surface area contributed by atoms with E-state index >= 15 is 0 Å². The second kappa shape index (κ2) is 7.18. The van der Waals surface area contributed by atoms with Crippen molar-refractivity contribution in [2.75, 3.05) is 6.61 Å². The molecule has 0 radical (unpaired) electrons. The molecule has 5 heteroatoms. The number of nitrogens with one attached hydrogen (secondary N) is 1. The van der Waals surface area contributed by atoms with Gasteiger partial charge >= 0.3 is 0 Å². The average molecular weight is 327 g/mol. The van der Waals surface area contributed by atoms with Crippen LogP contribution in [0.15, 0.2) is 30.3 Å². The lowest BCUT2D eigenvalue weighted by Crippen LogP contribution is -2.29. The Morgan fingerprint density at radius 2 is 2.12 bits per heavy atom. The topological polar surface area (TPSA) is 56.2 Å². The molecule has 1 aliphatic rings. The average Bonchev–Trinajstić information content (AvgIpc) is 3.16. The van der Waals surface area contributed by atoms with E-state index in [2.05, 4.69) is 16.5 Å². The highest BCUT2D eigenvalue weighted by molar-refractivity contribution is 5.77. The van der Waals surface area contributed by atoms with E-state index in [0.29, 0.717) is 6.42 Å². The van der Waals surface area contributed by atoms with E-state index in [1.165, 1.54) is 0 Å². The van der Waals surface area contributed by atoms with Gasteiger partial charge in [-0.2, -0.15) is 5.10 Å². The molecule has 0 unspecified atom stereocenters. The zero-order valence-corrected chi connectivity index (χ0v) is 14.6. The second-order valence-corrected chi connectivity index (χ2v) is 6.56. The summed E-state index contributed by atoms with van der Waals surface area (Å²) < 4.78 is 7.45. The van der Waals surface area contributed by atoms with Gasteiger partial charge in [0.05, 0.1) is 29.9 Å². The van der Waals surface area contributed by atoms with Crippen molar-refractivity contribution in [1.82, 2.24) is 15.1 Å². The number of aryl methyl sites for hydroxylation is 2. The van der Waals surface area contributed by atoms with E-state index in [4.69, 9.17) is 4.74 Å². The maximum Gasteiger partial charge on any atom is 0.223 e. The van der Waals surface area contributed by atoms with E-state index < -0.39 is 0 Å². The molecule has 128 valence electrons. The predicted molar refractivity (Wildman–Crippen MR) is 93.2 cm³/mol. The Bertz CT molecular complexity index is 700. The molecule has 1 N–H and O–H groups in total. The Morgan fingerprint density at radius 3 is 2.71 bits per heavy atom. The SMILES string of the molecule is Cc1cc(C)n(-c2ccc([C@@H](C)NC(=O)C[C@H]3CCCO3)cc2)n1. The molecule has 2 aromatic rings. The van der Waals surface area contributed by atoms with Gasteiger partial charge in [-0.05, 0) is 57.4 Å². The molecule has 1 aromatic carbocycles. The van der Waals surface area contributed by atoms with E-state index in [1.54, 1.807) is 0 Å². The molecule has 2 heterocycles. The Balaban J connectivity index is 1.62. The van der Waals surface area contributed by atoms with Crippen LogP contribution in [0.5, 0.6) is 0 Å². The lowest BCUT2D eigenvalue weighted by atomic mass is 10.1. The van der Waals surface area contributed by atoms with Crippen molar-refractivity contribution in [2.45, 2.75) is 52.2 Å². The smallest absolute Gasteiger partial charge is 0.223 e. The predicted octanol–water partition coefficient (Wildman–Crippen LogP) is 3.24. The zero-order chi connectivity index (χ0) is 17.1. The molecule has 24 heavy (non-hydrogen) atoms. The summed E-state index contributed by atoms with van der Waals surface area (Å²) in [5.74, 6) is 0.0528. The molecule has 5 nitrogen and oxygen atoms in total. The highest BCUT2D eigenvalue weighted by Crippen LogP contribution is 2.19. The van der Waals surface area contributed by atoms with Crippen LogP contribution in [-0.2, 0) is 9.53 Å². The van der Waals surface area contributed by atoms with Crippen molar-refractivity contribution in [1.29, 1.82) is 0 Å². The summed E-state index contributed by atoms with van der Waals surface area (Å²) in [5.41, 5.74) is 4.23. The van der Waals surface area contributed by atoms with Gasteiger partial charge in [0.15, 0.2) is 0 Å². The first-order valence-electron chi connectivity index (χ1n) is 8.57. The number of benzene rings is 1. The van der Waals surface area contributed by atoms with E-state index in [9.17, 15) is 4.79 Å². The molecule has 1 saturated heterocycles. The maximum absolute atomic E-state index is 12.1. The summed E-state index contributed by atoms with van der Waals surface area (Å²) in [6.07, 6.45) is 2.58. The second-order valence-electron chi connectivity index (χ2n) is 6.56. The van der Waals surface area contributed by atoms with Crippen molar-refractivity contribution in [3.8, 4) is 5.69 Å². The summed E-state index contributed by atoms with van der Waals surface area (Å²) in [4.78, 5) is 12.1. The van der Waals surface area contributed by atoms with Crippen LogP contribution in [0.1, 0.15) is 49.2 Å². The molecule has 0 saturated carbocycles. The monoisotopic (exact) mass is 327 g/mol. The number of carbonyl (C=O) groups excluding carboxylic acids is 1. The standard InChI is InChI=1S/C19H25N3O2/c1-13-11-14(2)22(21-13)17-8-6-16(7-9-17)15(3)20-19(23)12-18-5-4-10-24-18/h6-9,11,15,18H,4-5,10,12H2,1-3H3,(H,20,23)/t15-,18-/m1/s1. The molecule has 0 aliphatic carbocycles. The highest BCUT2D eigenvalue weighted by atomic mass is 16.5. The number of nitrogens with zero attached hydrogens (tertiary/aromatic N) is 2. The number of carbonyl (C=O) groups is 1. The van der Waals surface area contributed by atoms with Crippen LogP contribution in [0.3, 0.4) is 0 Å². The Kier molecular flexibility index (Phi) is 5.00. The third-order valence-electron chi connectivity index (χ3n) is 4.46. The van der Waals surface area contributed by atoms with Crippen LogP contribution < -0.4 is 5.32 Å². The van der Waals surface area contributed by atoms with Crippen LogP contribution in [0, 0.1) is 13.8 Å². The normalized spacial score (nSPS) is 18.5. The van der Waals surface area contributed by atoms with Crippen molar-refractivity contribution < 1.29 is 9.53 Å². The van der Waals surface area contributed by atoms with Crippen LogP contribution in [0.2, 0.25) is 0 Å². The van der Waals surface area contributed by atoms with Gasteiger partial charge < -0.3 is 10.1 Å². The van der Waals surface area contributed by atoms with Gasteiger partial charge in [0.25, 0.3) is 0 Å². The Morgan fingerprint density at radius 1 is 1.38 bits per heavy atom. The fourth-order valence-electron chi connectivity index (χ4n) is 3.19. The first-order valence-corrected chi connectivity index (χ1v) is 8.57. The lowest BCUT2D eigenvalue weighted by Gasteiger charge is -2.16. The van der Waals surface area contributed by atoms with E-state index in [1.807, 2.05) is 49.7 Å². The largest absolute Gasteiger partial charge is 0.378 e. The number of aromatic nitrogens is 2. The summed E-state index contributed by atoms with van der Waals surface area (Å²) in [5, 5.41) is 7.55. The third-order valence-corrected chi connectivity index (χ3v) is 4.46. The summed E-state index contributed by atoms with van der Waals surface area (Å²) in [6.45, 7) is 6.82. The van der Waals surface area contributed by atoms with E-state index in [0.717, 1.165) is 42.1 Å². The van der Waals surface area contributed by atoms with Gasteiger partial charge in [0, 0.05) is 12.3 Å². The van der Waals surface area contributed by atoms with Gasteiger partial charge in [-0.1, -0.05) is 12.1 Å². The van der Waals surface area contributed by atoms with Gasteiger partial charge in [-0.3, -0.25) is 4.79 Å². The van der Waals surface area contributed by atoms with Crippen molar-refractivity contribution >= 4 is 5.91 Å². The van der Waals surface area contributed by atoms with Gasteiger partial charge in [-0.15, -0.1) is 0 Å². The number of ether oxygens (including phenoxy) is 1. The first kappa shape index (κ1) is 16.7.